The van der Waals surface area contributed by atoms with Gasteiger partial charge in [-0.25, -0.2) is 4.79 Å². The summed E-state index contributed by atoms with van der Waals surface area (Å²) < 4.78 is 4.64. The van der Waals surface area contributed by atoms with Crippen LogP contribution in [0.3, 0.4) is 0 Å². The van der Waals surface area contributed by atoms with Crippen molar-refractivity contribution in [1.82, 2.24) is 0 Å². The van der Waals surface area contributed by atoms with Crippen LogP contribution in [0.1, 0.15) is 40.0 Å². The van der Waals surface area contributed by atoms with Gasteiger partial charge in [-0.05, 0) is 36.2 Å². The van der Waals surface area contributed by atoms with Crippen molar-refractivity contribution in [2.75, 3.05) is 7.11 Å². The van der Waals surface area contributed by atoms with E-state index in [-0.39, 0.29) is 11.0 Å². The highest BCUT2D eigenvalue weighted by atomic mass is 16.5. The average Bonchev–Trinajstić information content (AvgIpc) is 2.15. The van der Waals surface area contributed by atoms with Crippen LogP contribution in [0.2, 0.25) is 0 Å². The third-order valence-corrected chi connectivity index (χ3v) is 3.04. The molecule has 0 saturated heterocycles. The second-order valence-electron chi connectivity index (χ2n) is 5.44. The van der Waals surface area contributed by atoms with Gasteiger partial charge in [0.2, 0.25) is 0 Å². The molecule has 0 aromatic rings. The maximum Gasteiger partial charge on any atom is 0.348 e. The molecule has 1 aliphatic rings. The molecule has 1 saturated carbocycles. The van der Waals surface area contributed by atoms with Crippen molar-refractivity contribution in [2.24, 2.45) is 11.3 Å². The van der Waals surface area contributed by atoms with Gasteiger partial charge in [-0.1, -0.05) is 20.8 Å². The Hall–Kier alpha value is -1.30. The molecule has 16 heavy (non-hydrogen) atoms. The number of hydrogen-bond donors (Lipinski definition) is 0. The van der Waals surface area contributed by atoms with Gasteiger partial charge in [0.25, 0.3) is 0 Å². The maximum atomic E-state index is 11.5. The van der Waals surface area contributed by atoms with E-state index in [1.807, 2.05) is 6.07 Å². The molecule has 1 rings (SSSR count). The predicted molar refractivity (Wildman–Crippen MR) is 61.5 cm³/mol. The zero-order valence-corrected chi connectivity index (χ0v) is 10.5. The number of ether oxygens (including phenoxy) is 1. The summed E-state index contributed by atoms with van der Waals surface area (Å²) >= 11 is 0. The van der Waals surface area contributed by atoms with Crippen LogP contribution in [0.15, 0.2) is 11.1 Å². The number of allylic oxidation sites excluding steroid dienone is 1. The lowest BCUT2D eigenvalue weighted by atomic mass is 9.69. The normalized spacial score (nSPS) is 26.8. The fraction of sp³-hybridized carbons (Fsp3) is 0.692. The van der Waals surface area contributed by atoms with Gasteiger partial charge in [0.15, 0.2) is 0 Å². The van der Waals surface area contributed by atoms with E-state index in [9.17, 15) is 4.79 Å². The molecule has 0 aromatic heterocycles. The summed E-state index contributed by atoms with van der Waals surface area (Å²) in [6.07, 6.45) is 2.78. The minimum atomic E-state index is -0.498. The summed E-state index contributed by atoms with van der Waals surface area (Å²) in [6.45, 7) is 6.51. The molecule has 0 radical (unpaired) electrons. The lowest BCUT2D eigenvalue weighted by Crippen LogP contribution is -2.24. The molecule has 0 N–H and O–H groups in total. The Morgan fingerprint density at radius 3 is 2.62 bits per heavy atom. The van der Waals surface area contributed by atoms with Crippen LogP contribution < -0.4 is 0 Å². The molecule has 0 aliphatic heterocycles. The minimum absolute atomic E-state index is 0.170. The van der Waals surface area contributed by atoms with Crippen molar-refractivity contribution in [3.63, 3.8) is 0 Å². The topological polar surface area (TPSA) is 50.1 Å². The molecule has 0 amide bonds. The monoisotopic (exact) mass is 221 g/mol. The van der Waals surface area contributed by atoms with E-state index in [4.69, 9.17) is 5.26 Å². The Bertz CT molecular complexity index is 361. The predicted octanol–water partition coefficient (Wildman–Crippen LogP) is 2.83. The summed E-state index contributed by atoms with van der Waals surface area (Å²) in [5, 5.41) is 9.03. The second kappa shape index (κ2) is 4.69. The SMILES string of the molecule is COC(=O)/C(C#N)=C1/CC(C)CC(C)(C)C1. The first-order valence-corrected chi connectivity index (χ1v) is 5.60. The number of hydrogen-bond acceptors (Lipinski definition) is 3. The van der Waals surface area contributed by atoms with Crippen molar-refractivity contribution in [1.29, 1.82) is 5.26 Å². The van der Waals surface area contributed by atoms with Gasteiger partial charge < -0.3 is 4.74 Å². The largest absolute Gasteiger partial charge is 0.465 e. The van der Waals surface area contributed by atoms with Crippen molar-refractivity contribution < 1.29 is 9.53 Å². The highest BCUT2D eigenvalue weighted by Gasteiger charge is 2.31. The molecule has 88 valence electrons. The third kappa shape index (κ3) is 2.85. The van der Waals surface area contributed by atoms with E-state index >= 15 is 0 Å². The number of methoxy groups -OCH3 is 1. The van der Waals surface area contributed by atoms with Crippen LogP contribution in [0, 0.1) is 22.7 Å². The van der Waals surface area contributed by atoms with E-state index in [0.29, 0.717) is 5.92 Å². The molecule has 1 fully saturated rings. The van der Waals surface area contributed by atoms with Crippen LogP contribution in [0.25, 0.3) is 0 Å². The fourth-order valence-electron chi connectivity index (χ4n) is 2.72. The number of rotatable bonds is 1. The van der Waals surface area contributed by atoms with Gasteiger partial charge >= 0.3 is 5.97 Å². The summed E-state index contributed by atoms with van der Waals surface area (Å²) in [5.74, 6) is 0.0224. The second-order valence-corrected chi connectivity index (χ2v) is 5.44. The van der Waals surface area contributed by atoms with Crippen LogP contribution in [-0.4, -0.2) is 13.1 Å². The van der Waals surface area contributed by atoms with Gasteiger partial charge in [0.05, 0.1) is 7.11 Å². The Morgan fingerprint density at radius 1 is 1.56 bits per heavy atom. The van der Waals surface area contributed by atoms with E-state index in [0.717, 1.165) is 24.8 Å². The van der Waals surface area contributed by atoms with Gasteiger partial charge in [-0.15, -0.1) is 0 Å². The molecule has 1 aliphatic carbocycles. The van der Waals surface area contributed by atoms with E-state index in [1.54, 1.807) is 0 Å². The van der Waals surface area contributed by atoms with E-state index in [1.165, 1.54) is 7.11 Å². The lowest BCUT2D eigenvalue weighted by molar-refractivity contribution is -0.135. The summed E-state index contributed by atoms with van der Waals surface area (Å²) in [7, 11) is 1.32. The molecule has 0 heterocycles. The van der Waals surface area contributed by atoms with Crippen LogP contribution >= 0.6 is 0 Å². The number of nitrogens with zero attached hydrogens (tertiary/aromatic N) is 1. The molecule has 3 nitrogen and oxygen atoms in total. The standard InChI is InChI=1S/C13H19NO2/c1-9-5-10(7-13(2,3)6-9)11(8-14)12(15)16-4/h9H,5-7H2,1-4H3/b11-10-. The Labute approximate surface area is 97.1 Å². The molecular weight excluding hydrogens is 202 g/mol. The lowest BCUT2D eigenvalue weighted by Gasteiger charge is -2.35. The van der Waals surface area contributed by atoms with Crippen molar-refractivity contribution in [2.45, 2.75) is 40.0 Å². The smallest absolute Gasteiger partial charge is 0.348 e. The van der Waals surface area contributed by atoms with E-state index in [2.05, 4.69) is 25.5 Å². The molecule has 3 heteroatoms. The first-order chi connectivity index (χ1) is 7.39. The molecular formula is C13H19NO2. The van der Waals surface area contributed by atoms with Crippen LogP contribution in [-0.2, 0) is 9.53 Å². The molecule has 0 spiro atoms. The zero-order chi connectivity index (χ0) is 12.3. The van der Waals surface area contributed by atoms with E-state index < -0.39 is 5.97 Å². The van der Waals surface area contributed by atoms with Crippen LogP contribution in [0.4, 0.5) is 0 Å². The maximum absolute atomic E-state index is 11.5. The Balaban J connectivity index is 3.05. The average molecular weight is 221 g/mol. The molecule has 1 atom stereocenters. The fourth-order valence-corrected chi connectivity index (χ4v) is 2.72. The first-order valence-electron chi connectivity index (χ1n) is 5.60. The number of nitriles is 1. The van der Waals surface area contributed by atoms with Gasteiger partial charge in [0, 0.05) is 0 Å². The van der Waals surface area contributed by atoms with Crippen molar-refractivity contribution in [3.05, 3.63) is 11.1 Å². The van der Waals surface area contributed by atoms with Gasteiger partial charge in [-0.3, -0.25) is 0 Å². The first kappa shape index (κ1) is 12.8. The number of esters is 1. The van der Waals surface area contributed by atoms with Crippen molar-refractivity contribution in [3.8, 4) is 6.07 Å². The minimum Gasteiger partial charge on any atom is -0.465 e. The Kier molecular flexibility index (Phi) is 3.74. The molecule has 0 aromatic carbocycles. The van der Waals surface area contributed by atoms with Crippen LogP contribution in [0.5, 0.6) is 0 Å². The Morgan fingerprint density at radius 2 is 2.19 bits per heavy atom. The summed E-state index contributed by atoms with van der Waals surface area (Å²) in [5.41, 5.74) is 1.34. The zero-order valence-electron chi connectivity index (χ0n) is 10.5. The quantitative estimate of drug-likeness (QED) is 0.388. The van der Waals surface area contributed by atoms with Gasteiger partial charge in [0.1, 0.15) is 11.6 Å². The highest BCUT2D eigenvalue weighted by Crippen LogP contribution is 2.42. The molecule has 1 unspecified atom stereocenters. The summed E-state index contributed by atoms with van der Waals surface area (Å²) in [4.78, 5) is 11.5. The van der Waals surface area contributed by atoms with Crippen molar-refractivity contribution >= 4 is 5.97 Å². The summed E-state index contributed by atoms with van der Waals surface area (Å²) in [6, 6.07) is 1.99. The molecule has 0 bridgehead atoms. The van der Waals surface area contributed by atoms with Gasteiger partial charge in [-0.2, -0.15) is 5.26 Å². The number of carbonyl (C=O) groups is 1. The number of carbonyl (C=O) groups excluding carboxylic acids is 1. The third-order valence-electron chi connectivity index (χ3n) is 3.04. The highest BCUT2D eigenvalue weighted by molar-refractivity contribution is 5.93.